The van der Waals surface area contributed by atoms with Crippen LogP contribution in [0.2, 0.25) is 0 Å². The number of hydrogen-bond acceptors (Lipinski definition) is 6. The summed E-state index contributed by atoms with van der Waals surface area (Å²) in [4.78, 5) is 4.49. The van der Waals surface area contributed by atoms with Crippen LogP contribution >= 0.6 is 0 Å². The molecule has 0 saturated heterocycles. The third-order valence-electron chi connectivity index (χ3n) is 2.74. The van der Waals surface area contributed by atoms with Crippen molar-refractivity contribution in [3.05, 3.63) is 36.5 Å². The van der Waals surface area contributed by atoms with Gasteiger partial charge in [0, 0.05) is 5.70 Å². The standard InChI is InChI=1S/C12H12N6O.3C2H6/c1-7(13)6-18-9-5-3-2-4-8(9)15-12(18)10-11(14)17-19-16-10;3*1-2/h2-5H,1,6,13H2,(H2,14,17);3*1-2H3. The third kappa shape index (κ3) is 5.34. The number of hydrogen-bond donors (Lipinski definition) is 2. The molecule has 0 aliphatic rings. The van der Waals surface area contributed by atoms with Gasteiger partial charge in [0.15, 0.2) is 17.3 Å². The Balaban J connectivity index is 0.000000871. The zero-order valence-corrected chi connectivity index (χ0v) is 16.1. The van der Waals surface area contributed by atoms with Gasteiger partial charge in [-0.2, -0.15) is 0 Å². The second-order valence-corrected chi connectivity index (χ2v) is 4.17. The van der Waals surface area contributed by atoms with Gasteiger partial charge in [-0.3, -0.25) is 0 Å². The van der Waals surface area contributed by atoms with Crippen LogP contribution in [0.15, 0.2) is 41.2 Å². The number of benzene rings is 1. The van der Waals surface area contributed by atoms with Crippen LogP contribution in [0.1, 0.15) is 41.5 Å². The minimum absolute atomic E-state index is 0.194. The second-order valence-electron chi connectivity index (χ2n) is 4.17. The first-order chi connectivity index (χ1) is 12.2. The molecule has 0 atom stereocenters. The van der Waals surface area contributed by atoms with Gasteiger partial charge in [-0.25, -0.2) is 9.61 Å². The van der Waals surface area contributed by atoms with Gasteiger partial charge in [-0.1, -0.05) is 60.3 Å². The van der Waals surface area contributed by atoms with Gasteiger partial charge in [0.05, 0.1) is 17.6 Å². The van der Waals surface area contributed by atoms with E-state index >= 15 is 0 Å². The summed E-state index contributed by atoms with van der Waals surface area (Å²) in [5.74, 6) is 0.755. The van der Waals surface area contributed by atoms with Crippen molar-refractivity contribution in [1.82, 2.24) is 19.9 Å². The van der Waals surface area contributed by atoms with E-state index in [1.54, 1.807) is 0 Å². The van der Waals surface area contributed by atoms with Crippen molar-refractivity contribution in [2.24, 2.45) is 5.73 Å². The van der Waals surface area contributed by atoms with Gasteiger partial charge in [0.25, 0.3) is 0 Å². The van der Waals surface area contributed by atoms with E-state index in [-0.39, 0.29) is 5.82 Å². The van der Waals surface area contributed by atoms with E-state index in [2.05, 4.69) is 26.5 Å². The predicted molar refractivity (Wildman–Crippen MR) is 105 cm³/mol. The van der Waals surface area contributed by atoms with Crippen molar-refractivity contribution < 1.29 is 4.63 Å². The Morgan fingerprint density at radius 3 is 2.20 bits per heavy atom. The van der Waals surface area contributed by atoms with E-state index < -0.39 is 0 Å². The van der Waals surface area contributed by atoms with Gasteiger partial charge >= 0.3 is 0 Å². The molecule has 0 saturated carbocycles. The first-order valence-electron chi connectivity index (χ1n) is 8.63. The number of rotatable bonds is 3. The van der Waals surface area contributed by atoms with E-state index in [9.17, 15) is 0 Å². The number of nitrogens with two attached hydrogens (primary N) is 2. The lowest BCUT2D eigenvalue weighted by Gasteiger charge is -2.06. The molecule has 0 fully saturated rings. The van der Waals surface area contributed by atoms with E-state index in [4.69, 9.17) is 11.5 Å². The maximum absolute atomic E-state index is 5.72. The molecule has 2 aromatic heterocycles. The van der Waals surface area contributed by atoms with E-state index in [1.165, 1.54) is 0 Å². The van der Waals surface area contributed by atoms with Gasteiger partial charge < -0.3 is 16.0 Å². The maximum Gasteiger partial charge on any atom is 0.199 e. The number of anilines is 1. The molecule has 138 valence electrons. The molecule has 25 heavy (non-hydrogen) atoms. The van der Waals surface area contributed by atoms with Gasteiger partial charge in [0.1, 0.15) is 0 Å². The average Bonchev–Trinajstić information content (AvgIpc) is 3.23. The summed E-state index contributed by atoms with van der Waals surface area (Å²) in [6.07, 6.45) is 0. The molecule has 4 N–H and O–H groups in total. The Morgan fingerprint density at radius 2 is 1.68 bits per heavy atom. The monoisotopic (exact) mass is 346 g/mol. The lowest BCUT2D eigenvalue weighted by molar-refractivity contribution is 0.310. The average molecular weight is 346 g/mol. The minimum Gasteiger partial charge on any atom is -0.401 e. The zero-order chi connectivity index (χ0) is 19.4. The van der Waals surface area contributed by atoms with Crippen LogP contribution in [0.25, 0.3) is 22.6 Å². The number of imidazole rings is 1. The molecule has 0 radical (unpaired) electrons. The van der Waals surface area contributed by atoms with Crippen molar-refractivity contribution in [3.8, 4) is 11.5 Å². The molecule has 3 rings (SSSR count). The molecule has 0 amide bonds. The van der Waals surface area contributed by atoms with Crippen LogP contribution < -0.4 is 11.5 Å². The molecule has 3 aromatic rings. The summed E-state index contributed by atoms with van der Waals surface area (Å²) in [5.41, 5.74) is 14.1. The normalized spacial score (nSPS) is 9.04. The van der Waals surface area contributed by atoms with Crippen molar-refractivity contribution in [1.29, 1.82) is 0 Å². The molecule has 0 spiro atoms. The SMILES string of the molecule is C=C(N)Cn1c(-c2nonc2N)nc2ccccc21.CC.CC.CC. The Morgan fingerprint density at radius 1 is 1.08 bits per heavy atom. The highest BCUT2D eigenvalue weighted by Gasteiger charge is 2.18. The molecule has 0 bridgehead atoms. The molecule has 0 aliphatic carbocycles. The molecule has 0 unspecified atom stereocenters. The fraction of sp³-hybridized carbons (Fsp3) is 0.389. The van der Waals surface area contributed by atoms with E-state index in [0.29, 0.717) is 23.8 Å². The lowest BCUT2D eigenvalue weighted by Crippen LogP contribution is -2.08. The first kappa shape index (κ1) is 22.2. The lowest BCUT2D eigenvalue weighted by atomic mass is 10.3. The number of fused-ring (bicyclic) bond motifs is 1. The highest BCUT2D eigenvalue weighted by atomic mass is 16.6. The molecule has 1 aromatic carbocycles. The van der Waals surface area contributed by atoms with Gasteiger partial charge in [0.2, 0.25) is 0 Å². The Kier molecular flexibility index (Phi) is 10.3. The van der Waals surface area contributed by atoms with E-state index in [1.807, 2.05) is 70.4 Å². The van der Waals surface area contributed by atoms with Crippen LogP contribution in [0.5, 0.6) is 0 Å². The van der Waals surface area contributed by atoms with Crippen LogP contribution in [-0.4, -0.2) is 19.9 Å². The summed E-state index contributed by atoms with van der Waals surface area (Å²) >= 11 is 0. The van der Waals surface area contributed by atoms with Crippen LogP contribution in [0.3, 0.4) is 0 Å². The van der Waals surface area contributed by atoms with Gasteiger partial charge in [-0.15, -0.1) is 0 Å². The number of allylic oxidation sites excluding steroid dienone is 1. The molecule has 0 aliphatic heterocycles. The number of aromatic nitrogens is 4. The van der Waals surface area contributed by atoms with Crippen LogP contribution in [-0.2, 0) is 6.54 Å². The second kappa shape index (κ2) is 11.7. The minimum atomic E-state index is 0.194. The Labute approximate surface area is 149 Å². The topological polar surface area (TPSA) is 109 Å². The number of nitrogen functional groups attached to an aromatic ring is 1. The zero-order valence-electron chi connectivity index (χ0n) is 16.1. The summed E-state index contributed by atoms with van der Waals surface area (Å²) in [6, 6.07) is 7.68. The van der Waals surface area contributed by atoms with Crippen molar-refractivity contribution in [2.45, 2.75) is 48.1 Å². The Bertz CT molecular complexity index is 760. The highest BCUT2D eigenvalue weighted by Crippen LogP contribution is 2.26. The molecular weight excluding hydrogens is 316 g/mol. The highest BCUT2D eigenvalue weighted by molar-refractivity contribution is 5.81. The fourth-order valence-corrected chi connectivity index (χ4v) is 1.97. The third-order valence-corrected chi connectivity index (χ3v) is 2.74. The molecule has 7 heteroatoms. The predicted octanol–water partition coefficient (Wildman–Crippen LogP) is 4.22. The maximum atomic E-state index is 5.72. The molecule has 7 nitrogen and oxygen atoms in total. The quantitative estimate of drug-likeness (QED) is 0.735. The van der Waals surface area contributed by atoms with Crippen molar-refractivity contribution >= 4 is 16.9 Å². The molecular formula is C18H30N6O. The Hall–Kier alpha value is -2.83. The summed E-state index contributed by atoms with van der Waals surface area (Å²) in [6.45, 7) is 16.1. The summed E-state index contributed by atoms with van der Waals surface area (Å²) < 4.78 is 6.51. The van der Waals surface area contributed by atoms with Crippen molar-refractivity contribution in [2.75, 3.05) is 5.73 Å². The first-order valence-corrected chi connectivity index (χ1v) is 8.63. The van der Waals surface area contributed by atoms with Crippen LogP contribution in [0.4, 0.5) is 5.82 Å². The largest absolute Gasteiger partial charge is 0.401 e. The number of para-hydroxylation sites is 2. The van der Waals surface area contributed by atoms with Crippen LogP contribution in [0, 0.1) is 0 Å². The molecule has 2 heterocycles. The van der Waals surface area contributed by atoms with Crippen molar-refractivity contribution in [3.63, 3.8) is 0 Å². The summed E-state index contributed by atoms with van der Waals surface area (Å²) in [7, 11) is 0. The fourth-order valence-electron chi connectivity index (χ4n) is 1.97. The number of nitrogens with zero attached hydrogens (tertiary/aromatic N) is 4. The van der Waals surface area contributed by atoms with E-state index in [0.717, 1.165) is 11.0 Å². The van der Waals surface area contributed by atoms with Gasteiger partial charge in [-0.05, 0) is 22.4 Å². The summed E-state index contributed by atoms with van der Waals surface area (Å²) in [5, 5.41) is 7.35. The smallest absolute Gasteiger partial charge is 0.199 e.